The average Bonchev–Trinajstić information content (AvgIpc) is 2.96. The molecule has 0 aliphatic carbocycles. The molecule has 3 rings (SSSR count). The molecule has 3 nitrogen and oxygen atoms in total. The molecule has 1 fully saturated rings. The molecule has 1 saturated heterocycles. The van der Waals surface area contributed by atoms with Crippen LogP contribution >= 0.6 is 11.3 Å². The van der Waals surface area contributed by atoms with Gasteiger partial charge in [-0.15, -0.1) is 11.3 Å². The fraction of sp³-hybridized carbons (Fsp3) is 0.357. The summed E-state index contributed by atoms with van der Waals surface area (Å²) < 4.78 is 1.07. The molecule has 2 heterocycles. The van der Waals surface area contributed by atoms with E-state index in [2.05, 4.69) is 11.0 Å². The van der Waals surface area contributed by atoms with E-state index in [-0.39, 0.29) is 0 Å². The van der Waals surface area contributed by atoms with Gasteiger partial charge < -0.3 is 5.11 Å². The van der Waals surface area contributed by atoms with Gasteiger partial charge in [-0.3, -0.25) is 4.90 Å². The molecule has 0 unspecified atom stereocenters. The van der Waals surface area contributed by atoms with Gasteiger partial charge in [-0.2, -0.15) is 0 Å². The van der Waals surface area contributed by atoms with Crippen LogP contribution in [0.15, 0.2) is 24.3 Å². The number of fused-ring (bicyclic) bond motifs is 1. The quantitative estimate of drug-likeness (QED) is 0.922. The molecule has 1 N–H and O–H groups in total. The zero-order valence-corrected chi connectivity index (χ0v) is 10.9. The number of rotatable bonds is 3. The zero-order chi connectivity index (χ0) is 12.5. The highest BCUT2D eigenvalue weighted by atomic mass is 32.1. The first-order valence-electron chi connectivity index (χ1n) is 6.20. The van der Waals surface area contributed by atoms with Gasteiger partial charge >= 0.3 is 5.97 Å². The Hall–Kier alpha value is -1.39. The molecule has 0 atom stereocenters. The number of carboxylic acids is 1. The van der Waals surface area contributed by atoms with E-state index in [9.17, 15) is 4.79 Å². The van der Waals surface area contributed by atoms with Crippen molar-refractivity contribution in [1.29, 1.82) is 0 Å². The SMILES string of the molecule is O=C(O)c1ccc2cc(CN3CCCC3)sc2c1. The highest BCUT2D eigenvalue weighted by Gasteiger charge is 2.13. The molecule has 0 bridgehead atoms. The summed E-state index contributed by atoms with van der Waals surface area (Å²) >= 11 is 1.71. The first-order valence-corrected chi connectivity index (χ1v) is 7.02. The van der Waals surface area contributed by atoms with E-state index in [0.717, 1.165) is 16.6 Å². The van der Waals surface area contributed by atoms with Gasteiger partial charge in [0.25, 0.3) is 0 Å². The molecule has 0 spiro atoms. The minimum atomic E-state index is -0.855. The third-order valence-corrected chi connectivity index (χ3v) is 4.48. The first kappa shape index (κ1) is 11.7. The number of aromatic carboxylic acids is 1. The Bertz CT molecular complexity index is 584. The number of thiophene rings is 1. The average molecular weight is 261 g/mol. The zero-order valence-electron chi connectivity index (χ0n) is 10.1. The maximum atomic E-state index is 10.9. The van der Waals surface area contributed by atoms with Crippen molar-refractivity contribution in [1.82, 2.24) is 4.90 Å². The van der Waals surface area contributed by atoms with E-state index in [1.165, 1.54) is 30.8 Å². The van der Waals surface area contributed by atoms with Gasteiger partial charge in [-0.25, -0.2) is 4.79 Å². The number of likely N-dealkylation sites (tertiary alicyclic amines) is 1. The summed E-state index contributed by atoms with van der Waals surface area (Å²) in [5.41, 5.74) is 0.372. The van der Waals surface area contributed by atoms with E-state index in [1.807, 2.05) is 6.07 Å². The molecule has 18 heavy (non-hydrogen) atoms. The lowest BCUT2D eigenvalue weighted by atomic mass is 10.2. The Morgan fingerprint density at radius 2 is 2.06 bits per heavy atom. The summed E-state index contributed by atoms with van der Waals surface area (Å²) in [6.45, 7) is 3.38. The standard InChI is InChI=1S/C14H15NO2S/c16-14(17)11-4-3-10-7-12(18-13(10)8-11)9-15-5-1-2-6-15/h3-4,7-8H,1-2,5-6,9H2,(H,16,17). The highest BCUT2D eigenvalue weighted by molar-refractivity contribution is 7.19. The monoisotopic (exact) mass is 261 g/mol. The number of nitrogens with zero attached hydrogens (tertiary/aromatic N) is 1. The summed E-state index contributed by atoms with van der Waals surface area (Å²) in [6, 6.07) is 7.54. The van der Waals surface area contributed by atoms with Crippen LogP contribution < -0.4 is 0 Å². The van der Waals surface area contributed by atoms with Crippen LogP contribution in [-0.4, -0.2) is 29.1 Å². The number of carbonyl (C=O) groups is 1. The largest absolute Gasteiger partial charge is 0.478 e. The first-order chi connectivity index (χ1) is 8.72. The van der Waals surface area contributed by atoms with E-state index >= 15 is 0 Å². The lowest BCUT2D eigenvalue weighted by Gasteiger charge is -2.12. The van der Waals surface area contributed by atoms with E-state index in [1.54, 1.807) is 23.5 Å². The van der Waals surface area contributed by atoms with Gasteiger partial charge in [0.15, 0.2) is 0 Å². The maximum absolute atomic E-state index is 10.9. The second kappa shape index (κ2) is 4.71. The van der Waals surface area contributed by atoms with Crippen molar-refractivity contribution in [2.45, 2.75) is 19.4 Å². The lowest BCUT2D eigenvalue weighted by Crippen LogP contribution is -2.17. The number of hydrogen-bond donors (Lipinski definition) is 1. The van der Waals surface area contributed by atoms with Crippen LogP contribution in [0.5, 0.6) is 0 Å². The third kappa shape index (κ3) is 2.26. The molecule has 1 aromatic carbocycles. The molecule has 1 aromatic heterocycles. The fourth-order valence-corrected chi connectivity index (χ4v) is 3.60. The van der Waals surface area contributed by atoms with Crippen LogP contribution in [-0.2, 0) is 6.54 Å². The Labute approximate surface area is 110 Å². The van der Waals surface area contributed by atoms with Crippen LogP contribution in [0.4, 0.5) is 0 Å². The summed E-state index contributed by atoms with van der Waals surface area (Å²) in [4.78, 5) is 14.7. The van der Waals surface area contributed by atoms with Crippen molar-refractivity contribution < 1.29 is 9.90 Å². The molecule has 1 aliphatic heterocycles. The van der Waals surface area contributed by atoms with Crippen molar-refractivity contribution in [3.8, 4) is 0 Å². The van der Waals surface area contributed by atoms with E-state index in [4.69, 9.17) is 5.11 Å². The number of hydrogen-bond acceptors (Lipinski definition) is 3. The Balaban J connectivity index is 1.87. The van der Waals surface area contributed by atoms with Crippen molar-refractivity contribution in [2.75, 3.05) is 13.1 Å². The topological polar surface area (TPSA) is 40.5 Å². The molecule has 94 valence electrons. The fourth-order valence-electron chi connectivity index (χ4n) is 2.46. The third-order valence-electron chi connectivity index (χ3n) is 3.40. The normalized spacial score (nSPS) is 16.4. The van der Waals surface area contributed by atoms with Gasteiger partial charge in [-0.1, -0.05) is 6.07 Å². The van der Waals surface area contributed by atoms with Crippen LogP contribution in [0.2, 0.25) is 0 Å². The predicted octanol–water partition coefficient (Wildman–Crippen LogP) is 3.20. The van der Waals surface area contributed by atoms with Crippen LogP contribution in [0, 0.1) is 0 Å². The predicted molar refractivity (Wildman–Crippen MR) is 73.3 cm³/mol. The molecule has 0 saturated carbocycles. The Morgan fingerprint density at radius 3 is 2.78 bits per heavy atom. The smallest absolute Gasteiger partial charge is 0.335 e. The summed E-state index contributed by atoms with van der Waals surface area (Å²) in [5, 5.41) is 10.1. The molecule has 0 amide bonds. The van der Waals surface area contributed by atoms with Crippen LogP contribution in [0.3, 0.4) is 0 Å². The number of carboxylic acid groups (broad SMARTS) is 1. The summed E-state index contributed by atoms with van der Waals surface area (Å²) in [5.74, 6) is -0.855. The van der Waals surface area contributed by atoms with Gasteiger partial charge in [-0.05, 0) is 49.5 Å². The van der Waals surface area contributed by atoms with Crippen molar-refractivity contribution in [2.24, 2.45) is 0 Å². The minimum Gasteiger partial charge on any atom is -0.478 e. The summed E-state index contributed by atoms with van der Waals surface area (Å²) in [6.07, 6.45) is 2.60. The molecular weight excluding hydrogens is 246 g/mol. The van der Waals surface area contributed by atoms with Crippen molar-refractivity contribution >= 4 is 27.4 Å². The van der Waals surface area contributed by atoms with Crippen molar-refractivity contribution in [3.63, 3.8) is 0 Å². The van der Waals surface area contributed by atoms with Crippen LogP contribution in [0.1, 0.15) is 28.1 Å². The van der Waals surface area contributed by atoms with Gasteiger partial charge in [0.1, 0.15) is 0 Å². The second-order valence-electron chi connectivity index (χ2n) is 4.75. The van der Waals surface area contributed by atoms with Crippen molar-refractivity contribution in [3.05, 3.63) is 34.7 Å². The molecule has 2 aromatic rings. The minimum absolute atomic E-state index is 0.372. The molecule has 1 aliphatic rings. The highest BCUT2D eigenvalue weighted by Crippen LogP contribution is 2.28. The Kier molecular flexibility index (Phi) is 3.06. The van der Waals surface area contributed by atoms with E-state index in [0.29, 0.717) is 5.56 Å². The molecule has 0 radical (unpaired) electrons. The molecule has 4 heteroatoms. The van der Waals surface area contributed by atoms with Gasteiger partial charge in [0.05, 0.1) is 5.56 Å². The van der Waals surface area contributed by atoms with Crippen LogP contribution in [0.25, 0.3) is 10.1 Å². The van der Waals surface area contributed by atoms with Gasteiger partial charge in [0.2, 0.25) is 0 Å². The maximum Gasteiger partial charge on any atom is 0.335 e. The summed E-state index contributed by atoms with van der Waals surface area (Å²) in [7, 11) is 0. The lowest BCUT2D eigenvalue weighted by molar-refractivity contribution is 0.0697. The van der Waals surface area contributed by atoms with Gasteiger partial charge in [0, 0.05) is 16.1 Å². The Morgan fingerprint density at radius 1 is 1.28 bits per heavy atom. The van der Waals surface area contributed by atoms with E-state index < -0.39 is 5.97 Å². The number of benzene rings is 1. The molecular formula is C14H15NO2S. The second-order valence-corrected chi connectivity index (χ2v) is 5.92.